The van der Waals surface area contributed by atoms with Gasteiger partial charge in [-0.05, 0) is 50.4 Å². The SMILES string of the molecule is CC(c1ccc(Cl)cc1)N1CCCNC2(CCCCC2)C1. The second-order valence-electron chi connectivity index (χ2n) is 6.82. The molecule has 2 nitrogen and oxygen atoms in total. The van der Waals surface area contributed by atoms with Crippen LogP contribution in [0.25, 0.3) is 0 Å². The van der Waals surface area contributed by atoms with Crippen LogP contribution < -0.4 is 5.32 Å². The summed E-state index contributed by atoms with van der Waals surface area (Å²) in [5.74, 6) is 0. The predicted octanol–water partition coefficient (Wildman–Crippen LogP) is 4.40. The second-order valence-corrected chi connectivity index (χ2v) is 7.26. The number of nitrogens with zero attached hydrogens (tertiary/aromatic N) is 1. The van der Waals surface area contributed by atoms with Gasteiger partial charge in [-0.2, -0.15) is 0 Å². The average Bonchev–Trinajstić information content (AvgIpc) is 2.71. The number of nitrogens with one attached hydrogen (secondary N) is 1. The first-order valence-corrected chi connectivity index (χ1v) is 8.81. The zero-order chi connectivity index (χ0) is 14.7. The van der Waals surface area contributed by atoms with Crippen LogP contribution in [0.1, 0.15) is 57.1 Å². The molecule has 0 amide bonds. The Balaban J connectivity index is 1.74. The zero-order valence-electron chi connectivity index (χ0n) is 13.1. The minimum absolute atomic E-state index is 0.370. The van der Waals surface area contributed by atoms with E-state index in [1.165, 1.54) is 63.7 Å². The van der Waals surface area contributed by atoms with Crippen molar-refractivity contribution in [3.8, 4) is 0 Å². The fraction of sp³-hybridized carbons (Fsp3) is 0.667. The normalized spacial score (nSPS) is 24.7. The molecule has 1 saturated carbocycles. The number of halogens is 1. The summed E-state index contributed by atoms with van der Waals surface area (Å²) < 4.78 is 0. The Morgan fingerprint density at radius 3 is 2.52 bits per heavy atom. The van der Waals surface area contributed by atoms with Crippen molar-refractivity contribution in [2.75, 3.05) is 19.6 Å². The van der Waals surface area contributed by atoms with E-state index in [4.69, 9.17) is 11.6 Å². The first-order valence-electron chi connectivity index (χ1n) is 8.43. The Kier molecular flexibility index (Phi) is 4.88. The summed E-state index contributed by atoms with van der Waals surface area (Å²) in [6, 6.07) is 8.86. The van der Waals surface area contributed by atoms with Crippen LogP contribution in [0.3, 0.4) is 0 Å². The van der Waals surface area contributed by atoms with E-state index in [0.717, 1.165) is 5.02 Å². The maximum Gasteiger partial charge on any atom is 0.0406 e. The Hall–Kier alpha value is -0.570. The molecule has 1 atom stereocenters. The summed E-state index contributed by atoms with van der Waals surface area (Å²) in [5.41, 5.74) is 1.75. The van der Waals surface area contributed by atoms with E-state index in [2.05, 4.69) is 29.3 Å². The van der Waals surface area contributed by atoms with Crippen molar-refractivity contribution in [2.45, 2.75) is 57.0 Å². The first kappa shape index (κ1) is 15.3. The van der Waals surface area contributed by atoms with Gasteiger partial charge in [-0.15, -0.1) is 0 Å². The molecule has 1 aromatic carbocycles. The molecule has 21 heavy (non-hydrogen) atoms. The molecule has 0 bridgehead atoms. The highest BCUT2D eigenvalue weighted by Crippen LogP contribution is 2.33. The van der Waals surface area contributed by atoms with E-state index in [0.29, 0.717) is 11.6 Å². The molecule has 1 unspecified atom stereocenters. The molecule has 1 aliphatic carbocycles. The fourth-order valence-corrected chi connectivity index (χ4v) is 4.13. The number of benzene rings is 1. The minimum atomic E-state index is 0.370. The Labute approximate surface area is 133 Å². The summed E-state index contributed by atoms with van der Waals surface area (Å²) in [4.78, 5) is 2.68. The quantitative estimate of drug-likeness (QED) is 0.871. The van der Waals surface area contributed by atoms with Crippen molar-refractivity contribution in [3.05, 3.63) is 34.9 Å². The van der Waals surface area contributed by atoms with Gasteiger partial charge in [0.15, 0.2) is 0 Å². The van der Waals surface area contributed by atoms with Gasteiger partial charge < -0.3 is 5.32 Å². The second kappa shape index (κ2) is 6.68. The third-order valence-corrected chi connectivity index (χ3v) is 5.59. The molecule has 0 aromatic heterocycles. The molecule has 1 saturated heterocycles. The summed E-state index contributed by atoms with van der Waals surface area (Å²) in [5, 5.41) is 4.71. The average molecular weight is 307 g/mol. The number of hydrogen-bond donors (Lipinski definition) is 1. The highest BCUT2D eigenvalue weighted by molar-refractivity contribution is 6.30. The van der Waals surface area contributed by atoms with E-state index in [9.17, 15) is 0 Å². The molecule has 1 spiro atoms. The highest BCUT2D eigenvalue weighted by atomic mass is 35.5. The van der Waals surface area contributed by atoms with Crippen LogP contribution in [-0.2, 0) is 0 Å². The Morgan fingerprint density at radius 1 is 1.10 bits per heavy atom. The van der Waals surface area contributed by atoms with E-state index < -0.39 is 0 Å². The van der Waals surface area contributed by atoms with Crippen LogP contribution in [0, 0.1) is 0 Å². The van der Waals surface area contributed by atoms with E-state index in [-0.39, 0.29) is 0 Å². The van der Waals surface area contributed by atoms with Crippen LogP contribution in [-0.4, -0.2) is 30.1 Å². The van der Waals surface area contributed by atoms with Gasteiger partial charge in [-0.25, -0.2) is 0 Å². The van der Waals surface area contributed by atoms with Gasteiger partial charge in [-0.3, -0.25) is 4.90 Å². The summed E-state index contributed by atoms with van der Waals surface area (Å²) >= 11 is 6.02. The van der Waals surface area contributed by atoms with Crippen LogP contribution >= 0.6 is 11.6 Å². The third-order valence-electron chi connectivity index (χ3n) is 5.34. The van der Waals surface area contributed by atoms with Crippen molar-refractivity contribution in [3.63, 3.8) is 0 Å². The van der Waals surface area contributed by atoms with Gasteiger partial charge in [0.2, 0.25) is 0 Å². The van der Waals surface area contributed by atoms with Crippen LogP contribution in [0.15, 0.2) is 24.3 Å². The lowest BCUT2D eigenvalue weighted by Gasteiger charge is -2.41. The molecule has 1 heterocycles. The fourth-order valence-electron chi connectivity index (χ4n) is 4.01. The lowest BCUT2D eigenvalue weighted by molar-refractivity contribution is 0.134. The van der Waals surface area contributed by atoms with Gasteiger partial charge in [0.1, 0.15) is 0 Å². The molecule has 1 aromatic rings. The Bertz CT molecular complexity index is 451. The molecule has 1 aliphatic heterocycles. The monoisotopic (exact) mass is 306 g/mol. The van der Waals surface area contributed by atoms with Crippen LogP contribution in [0.2, 0.25) is 5.02 Å². The van der Waals surface area contributed by atoms with E-state index in [1.807, 2.05) is 12.1 Å². The Morgan fingerprint density at radius 2 is 1.81 bits per heavy atom. The molecule has 3 heteroatoms. The van der Waals surface area contributed by atoms with Crippen molar-refractivity contribution in [2.24, 2.45) is 0 Å². The van der Waals surface area contributed by atoms with Crippen LogP contribution in [0.5, 0.6) is 0 Å². The zero-order valence-corrected chi connectivity index (χ0v) is 13.8. The molecular weight excluding hydrogens is 280 g/mol. The number of rotatable bonds is 2. The lowest BCUT2D eigenvalue weighted by atomic mass is 9.81. The standard InChI is InChI=1S/C18H27ClN2/c1-15(16-6-8-17(19)9-7-16)21-13-5-12-20-18(14-21)10-3-2-4-11-18/h6-9,15,20H,2-5,10-14H2,1H3. The maximum atomic E-state index is 6.02. The summed E-state index contributed by atoms with van der Waals surface area (Å²) in [6.07, 6.45) is 8.12. The smallest absolute Gasteiger partial charge is 0.0406 e. The van der Waals surface area contributed by atoms with Crippen LogP contribution in [0.4, 0.5) is 0 Å². The van der Waals surface area contributed by atoms with E-state index >= 15 is 0 Å². The molecular formula is C18H27ClN2. The lowest BCUT2D eigenvalue weighted by Crippen LogP contribution is -2.52. The van der Waals surface area contributed by atoms with Crippen molar-refractivity contribution in [1.82, 2.24) is 10.2 Å². The summed E-state index contributed by atoms with van der Waals surface area (Å²) in [7, 11) is 0. The van der Waals surface area contributed by atoms with Gasteiger partial charge in [0.05, 0.1) is 0 Å². The predicted molar refractivity (Wildman–Crippen MR) is 89.9 cm³/mol. The van der Waals surface area contributed by atoms with Gasteiger partial charge >= 0.3 is 0 Å². The van der Waals surface area contributed by atoms with Gasteiger partial charge in [-0.1, -0.05) is 43.0 Å². The summed E-state index contributed by atoms with van der Waals surface area (Å²) in [6.45, 7) is 5.89. The van der Waals surface area contributed by atoms with Crippen molar-refractivity contribution in [1.29, 1.82) is 0 Å². The molecule has 0 radical (unpaired) electrons. The van der Waals surface area contributed by atoms with Gasteiger partial charge in [0.25, 0.3) is 0 Å². The maximum absolute atomic E-state index is 6.02. The van der Waals surface area contributed by atoms with E-state index in [1.54, 1.807) is 0 Å². The minimum Gasteiger partial charge on any atom is -0.310 e. The first-order chi connectivity index (χ1) is 10.2. The molecule has 2 fully saturated rings. The third kappa shape index (κ3) is 3.61. The number of hydrogen-bond acceptors (Lipinski definition) is 2. The van der Waals surface area contributed by atoms with Crippen molar-refractivity contribution < 1.29 is 0 Å². The largest absolute Gasteiger partial charge is 0.310 e. The molecule has 116 valence electrons. The van der Waals surface area contributed by atoms with Crippen molar-refractivity contribution >= 4 is 11.6 Å². The topological polar surface area (TPSA) is 15.3 Å². The van der Waals surface area contributed by atoms with Gasteiger partial charge in [0, 0.05) is 29.7 Å². The molecule has 2 aliphatic rings. The highest BCUT2D eigenvalue weighted by Gasteiger charge is 2.36. The molecule has 3 rings (SSSR count). The molecule has 1 N–H and O–H groups in total.